The molecule has 0 saturated heterocycles. The highest BCUT2D eigenvalue weighted by atomic mass is 19.1. The Bertz CT molecular complexity index is 531. The van der Waals surface area contributed by atoms with E-state index in [4.69, 9.17) is 0 Å². The zero-order valence-corrected chi connectivity index (χ0v) is 9.90. The van der Waals surface area contributed by atoms with Crippen LogP contribution in [0.15, 0.2) is 23.2 Å². The molecule has 0 aliphatic heterocycles. The third-order valence-electron chi connectivity index (χ3n) is 3.33. The summed E-state index contributed by atoms with van der Waals surface area (Å²) >= 11 is 0. The van der Waals surface area contributed by atoms with Crippen molar-refractivity contribution in [3.8, 4) is 0 Å². The molecule has 0 unspecified atom stereocenters. The van der Waals surface area contributed by atoms with Crippen LogP contribution >= 0.6 is 0 Å². The van der Waals surface area contributed by atoms with E-state index in [1.54, 1.807) is 0 Å². The number of ether oxygens (including phenoxy) is 1. The van der Waals surface area contributed by atoms with Crippen LogP contribution in [0, 0.1) is 5.82 Å². The van der Waals surface area contributed by atoms with Gasteiger partial charge in [0.05, 0.1) is 12.7 Å². The maximum atomic E-state index is 14.0. The molecule has 4 nitrogen and oxygen atoms in total. The average molecular weight is 249 g/mol. The van der Waals surface area contributed by atoms with Crippen LogP contribution in [0.25, 0.3) is 0 Å². The van der Waals surface area contributed by atoms with Gasteiger partial charge in [0.1, 0.15) is 11.4 Å². The Balaban J connectivity index is 2.41. The van der Waals surface area contributed by atoms with Crippen LogP contribution in [-0.4, -0.2) is 19.2 Å². The van der Waals surface area contributed by atoms with Crippen LogP contribution in [0.5, 0.6) is 0 Å². The van der Waals surface area contributed by atoms with E-state index >= 15 is 0 Å². The van der Waals surface area contributed by atoms with Gasteiger partial charge in [-0.25, -0.2) is 14.0 Å². The minimum atomic E-state index is -0.791. The van der Waals surface area contributed by atoms with Gasteiger partial charge in [0, 0.05) is 5.56 Å². The van der Waals surface area contributed by atoms with Crippen molar-refractivity contribution in [2.24, 2.45) is 4.99 Å². The molecule has 1 fully saturated rings. The molecule has 1 saturated carbocycles. The molecule has 0 radical (unpaired) electrons. The molecule has 0 heterocycles. The van der Waals surface area contributed by atoms with E-state index in [0.717, 1.165) is 12.5 Å². The largest absolute Gasteiger partial charge is 0.465 e. The first-order chi connectivity index (χ1) is 8.63. The molecule has 1 aliphatic rings. The van der Waals surface area contributed by atoms with Gasteiger partial charge in [-0.2, -0.15) is 4.99 Å². The standard InChI is InChI=1S/C13H12FNO3/c1-18-12(17)9-3-4-10(11(14)7-9)13(15-8-16)5-2-6-13/h3-4,7H,2,5-6H2,1H3. The number of isocyanates is 1. The van der Waals surface area contributed by atoms with E-state index < -0.39 is 17.3 Å². The van der Waals surface area contributed by atoms with Crippen LogP contribution in [0.4, 0.5) is 4.39 Å². The smallest absolute Gasteiger partial charge is 0.337 e. The van der Waals surface area contributed by atoms with Crippen molar-refractivity contribution in [3.05, 3.63) is 35.1 Å². The molecule has 1 aliphatic carbocycles. The number of hydrogen-bond donors (Lipinski definition) is 0. The lowest BCUT2D eigenvalue weighted by Crippen LogP contribution is -2.33. The Kier molecular flexibility index (Phi) is 3.26. The highest BCUT2D eigenvalue weighted by molar-refractivity contribution is 5.89. The maximum Gasteiger partial charge on any atom is 0.337 e. The highest BCUT2D eigenvalue weighted by Gasteiger charge is 2.41. The molecule has 0 atom stereocenters. The number of aliphatic imine (C=N–C) groups is 1. The summed E-state index contributed by atoms with van der Waals surface area (Å²) in [5.41, 5.74) is -0.312. The van der Waals surface area contributed by atoms with E-state index in [-0.39, 0.29) is 5.56 Å². The van der Waals surface area contributed by atoms with Crippen molar-refractivity contribution in [1.29, 1.82) is 0 Å². The minimum Gasteiger partial charge on any atom is -0.465 e. The Hall–Kier alpha value is -2.00. The lowest BCUT2D eigenvalue weighted by atomic mass is 9.72. The molecule has 18 heavy (non-hydrogen) atoms. The topological polar surface area (TPSA) is 55.7 Å². The van der Waals surface area contributed by atoms with Crippen LogP contribution < -0.4 is 0 Å². The number of methoxy groups -OCH3 is 1. The summed E-state index contributed by atoms with van der Waals surface area (Å²) in [6.07, 6.45) is 3.64. The van der Waals surface area contributed by atoms with Gasteiger partial charge in [-0.3, -0.25) is 0 Å². The summed E-state index contributed by atoms with van der Waals surface area (Å²) in [5, 5.41) is 0. The van der Waals surface area contributed by atoms with E-state index in [0.29, 0.717) is 18.4 Å². The molecule has 5 heteroatoms. The second-order valence-corrected chi connectivity index (χ2v) is 4.27. The van der Waals surface area contributed by atoms with Crippen molar-refractivity contribution in [1.82, 2.24) is 0 Å². The minimum absolute atomic E-state index is 0.142. The van der Waals surface area contributed by atoms with E-state index in [2.05, 4.69) is 9.73 Å². The fraction of sp³-hybridized carbons (Fsp3) is 0.385. The van der Waals surface area contributed by atoms with Gasteiger partial charge in [-0.1, -0.05) is 6.07 Å². The Morgan fingerprint density at radius 3 is 2.67 bits per heavy atom. The van der Waals surface area contributed by atoms with Gasteiger partial charge in [-0.05, 0) is 31.4 Å². The summed E-state index contributed by atoms with van der Waals surface area (Å²) in [6.45, 7) is 0. The SMILES string of the molecule is COC(=O)c1ccc(C2(N=C=O)CCC2)c(F)c1. The lowest BCUT2D eigenvalue weighted by Gasteiger charge is -2.37. The number of nitrogens with zero attached hydrogens (tertiary/aromatic N) is 1. The number of hydrogen-bond acceptors (Lipinski definition) is 4. The monoisotopic (exact) mass is 249 g/mol. The third-order valence-corrected chi connectivity index (χ3v) is 3.33. The van der Waals surface area contributed by atoms with Crippen molar-refractivity contribution < 1.29 is 18.7 Å². The highest BCUT2D eigenvalue weighted by Crippen LogP contribution is 2.45. The molecular formula is C13H12FNO3. The van der Waals surface area contributed by atoms with Crippen molar-refractivity contribution in [3.63, 3.8) is 0 Å². The predicted molar refractivity (Wildman–Crippen MR) is 61.4 cm³/mol. The van der Waals surface area contributed by atoms with Crippen molar-refractivity contribution in [2.45, 2.75) is 24.8 Å². The summed E-state index contributed by atoms with van der Waals surface area (Å²) in [7, 11) is 1.23. The molecular weight excluding hydrogens is 237 g/mol. The summed E-state index contributed by atoms with van der Waals surface area (Å²) in [5.74, 6) is -1.14. The first-order valence-electron chi connectivity index (χ1n) is 5.60. The summed E-state index contributed by atoms with van der Waals surface area (Å²) in [6, 6.07) is 4.08. The molecule has 2 rings (SSSR count). The zero-order chi connectivity index (χ0) is 13.2. The molecule has 1 aromatic rings. The first-order valence-corrected chi connectivity index (χ1v) is 5.60. The molecule has 0 spiro atoms. The zero-order valence-electron chi connectivity index (χ0n) is 9.90. The van der Waals surface area contributed by atoms with Crippen LogP contribution in [-0.2, 0) is 15.1 Å². The maximum absolute atomic E-state index is 14.0. The second-order valence-electron chi connectivity index (χ2n) is 4.27. The van der Waals surface area contributed by atoms with Crippen molar-refractivity contribution >= 4 is 12.0 Å². The molecule has 0 aromatic heterocycles. The summed E-state index contributed by atoms with van der Waals surface area (Å²) in [4.78, 5) is 25.4. The average Bonchev–Trinajstić information content (AvgIpc) is 2.33. The number of rotatable bonds is 3. The Labute approximate surface area is 103 Å². The van der Waals surface area contributed by atoms with Gasteiger partial charge < -0.3 is 4.74 Å². The fourth-order valence-electron chi connectivity index (χ4n) is 2.18. The number of carbonyl (C=O) groups is 1. The van der Waals surface area contributed by atoms with Gasteiger partial charge in [0.2, 0.25) is 6.08 Å². The predicted octanol–water partition coefficient (Wildman–Crippen LogP) is 2.33. The van der Waals surface area contributed by atoms with E-state index in [9.17, 15) is 14.0 Å². The molecule has 94 valence electrons. The number of benzene rings is 1. The molecule has 1 aromatic carbocycles. The van der Waals surface area contributed by atoms with Crippen molar-refractivity contribution in [2.75, 3.05) is 7.11 Å². The Morgan fingerprint density at radius 2 is 2.22 bits per heavy atom. The normalized spacial score (nSPS) is 16.3. The molecule has 0 bridgehead atoms. The third kappa shape index (κ3) is 1.93. The number of carbonyl (C=O) groups excluding carboxylic acids is 2. The summed E-state index contributed by atoms with van der Waals surface area (Å²) < 4.78 is 18.5. The fourth-order valence-corrected chi connectivity index (χ4v) is 2.18. The van der Waals surface area contributed by atoms with Crippen LogP contribution in [0.2, 0.25) is 0 Å². The van der Waals surface area contributed by atoms with E-state index in [1.165, 1.54) is 25.3 Å². The Morgan fingerprint density at radius 1 is 1.50 bits per heavy atom. The van der Waals surface area contributed by atoms with Gasteiger partial charge in [0.25, 0.3) is 0 Å². The second kappa shape index (κ2) is 4.70. The van der Waals surface area contributed by atoms with Crippen LogP contribution in [0.1, 0.15) is 35.2 Å². The van der Waals surface area contributed by atoms with Gasteiger partial charge >= 0.3 is 5.97 Å². The van der Waals surface area contributed by atoms with E-state index in [1.807, 2.05) is 0 Å². The van der Waals surface area contributed by atoms with Gasteiger partial charge in [-0.15, -0.1) is 0 Å². The molecule has 0 N–H and O–H groups in total. The number of halogens is 1. The van der Waals surface area contributed by atoms with Crippen LogP contribution in [0.3, 0.4) is 0 Å². The quantitative estimate of drug-likeness (QED) is 0.469. The lowest BCUT2D eigenvalue weighted by molar-refractivity contribution is 0.0600. The number of esters is 1. The molecule has 0 amide bonds. The first kappa shape index (κ1) is 12.5. The van der Waals surface area contributed by atoms with Gasteiger partial charge in [0.15, 0.2) is 0 Å².